The van der Waals surface area contributed by atoms with Gasteiger partial charge >= 0.3 is 0 Å². The number of aromatic amines is 1. The van der Waals surface area contributed by atoms with Crippen LogP contribution in [0.15, 0.2) is 11.1 Å². The van der Waals surface area contributed by atoms with E-state index in [-0.39, 0.29) is 11.0 Å². The second kappa shape index (κ2) is 3.42. The highest BCUT2D eigenvalue weighted by Gasteiger charge is 2.33. The van der Waals surface area contributed by atoms with Gasteiger partial charge in [-0.2, -0.15) is 0 Å². The zero-order valence-electron chi connectivity index (χ0n) is 10.3. The van der Waals surface area contributed by atoms with Crippen LogP contribution >= 0.6 is 11.3 Å². The lowest BCUT2D eigenvalue weighted by molar-refractivity contribution is 0.292. The number of nitrogens with one attached hydrogen (secondary N) is 1. The molecule has 0 unspecified atom stereocenters. The molecule has 0 aliphatic heterocycles. The Morgan fingerprint density at radius 1 is 1.53 bits per heavy atom. The van der Waals surface area contributed by atoms with Gasteiger partial charge in [0.1, 0.15) is 4.83 Å². The first-order valence-electron chi connectivity index (χ1n) is 5.97. The molecular formula is C13H16N2OS. The zero-order valence-corrected chi connectivity index (χ0v) is 11.1. The van der Waals surface area contributed by atoms with E-state index in [1.54, 1.807) is 11.3 Å². The largest absolute Gasteiger partial charge is 0.313 e. The molecule has 3 nitrogen and oxygen atoms in total. The number of H-pyrrole nitrogens is 1. The van der Waals surface area contributed by atoms with Gasteiger partial charge in [-0.05, 0) is 29.7 Å². The average molecular weight is 248 g/mol. The van der Waals surface area contributed by atoms with Gasteiger partial charge in [0.05, 0.1) is 11.7 Å². The van der Waals surface area contributed by atoms with E-state index >= 15 is 0 Å². The van der Waals surface area contributed by atoms with Crippen molar-refractivity contribution in [3.05, 3.63) is 27.1 Å². The Morgan fingerprint density at radius 2 is 2.29 bits per heavy atom. The van der Waals surface area contributed by atoms with E-state index in [1.807, 2.05) is 0 Å². The minimum absolute atomic E-state index is 0.0115. The molecule has 4 heteroatoms. The second-order valence-corrected chi connectivity index (χ2v) is 6.83. The average Bonchev–Trinajstić information content (AvgIpc) is 2.56. The molecule has 0 bridgehead atoms. The molecule has 2 aromatic heterocycles. The topological polar surface area (TPSA) is 45.8 Å². The van der Waals surface area contributed by atoms with Crippen molar-refractivity contribution in [2.24, 2.45) is 5.41 Å². The van der Waals surface area contributed by atoms with Gasteiger partial charge in [0.2, 0.25) is 0 Å². The summed E-state index contributed by atoms with van der Waals surface area (Å²) in [6.07, 6.45) is 3.68. The normalized spacial score (nSPS) is 22.6. The lowest BCUT2D eigenvalue weighted by Gasteiger charge is -2.33. The fraction of sp³-hybridized carbons (Fsp3) is 0.538. The van der Waals surface area contributed by atoms with E-state index in [2.05, 4.69) is 30.7 Å². The summed E-state index contributed by atoms with van der Waals surface area (Å²) in [5.74, 6) is 0.535. The highest BCUT2D eigenvalue weighted by atomic mass is 32.1. The first-order valence-corrected chi connectivity index (χ1v) is 6.78. The summed E-state index contributed by atoms with van der Waals surface area (Å²) in [6.45, 7) is 6.81. The maximum Gasteiger partial charge on any atom is 0.259 e. The van der Waals surface area contributed by atoms with Crippen LogP contribution in [0.2, 0.25) is 0 Å². The molecule has 3 rings (SSSR count). The van der Waals surface area contributed by atoms with Gasteiger partial charge in [-0.3, -0.25) is 4.79 Å². The quantitative estimate of drug-likeness (QED) is 0.778. The Kier molecular flexibility index (Phi) is 2.20. The minimum Gasteiger partial charge on any atom is -0.313 e. The number of nitrogens with zero attached hydrogens (tertiary/aromatic N) is 1. The third-order valence-corrected chi connectivity index (χ3v) is 4.96. The Labute approximate surface area is 104 Å². The van der Waals surface area contributed by atoms with Crippen molar-refractivity contribution in [3.8, 4) is 0 Å². The lowest BCUT2D eigenvalue weighted by Crippen LogP contribution is -2.24. The summed E-state index contributed by atoms with van der Waals surface area (Å²) in [5.41, 5.74) is 1.53. The Balaban J connectivity index is 2.35. The number of rotatable bonds is 0. The number of hydrogen-bond donors (Lipinski definition) is 1. The van der Waals surface area contributed by atoms with E-state index in [9.17, 15) is 4.79 Å². The summed E-state index contributed by atoms with van der Waals surface area (Å²) in [6, 6.07) is 0. The first kappa shape index (κ1) is 11.0. The van der Waals surface area contributed by atoms with Gasteiger partial charge < -0.3 is 4.98 Å². The van der Waals surface area contributed by atoms with E-state index in [4.69, 9.17) is 0 Å². The van der Waals surface area contributed by atoms with Gasteiger partial charge in [-0.25, -0.2) is 4.98 Å². The molecule has 1 aliphatic rings. The van der Waals surface area contributed by atoms with Crippen LogP contribution in [0, 0.1) is 5.41 Å². The molecule has 1 aliphatic carbocycles. The van der Waals surface area contributed by atoms with Crippen LogP contribution in [0.4, 0.5) is 0 Å². The summed E-state index contributed by atoms with van der Waals surface area (Å²) >= 11 is 1.69. The highest BCUT2D eigenvalue weighted by molar-refractivity contribution is 7.18. The van der Waals surface area contributed by atoms with Crippen LogP contribution in [-0.4, -0.2) is 9.97 Å². The SMILES string of the molecule is C[C@H]1CC(C)(C)Cc2c1sc1nc[nH]c(=O)c21. The molecule has 1 N–H and O–H groups in total. The minimum atomic E-state index is 0.0115. The molecule has 0 saturated heterocycles. The summed E-state index contributed by atoms with van der Waals surface area (Å²) in [4.78, 5) is 21.2. The predicted octanol–water partition coefficient (Wildman–Crippen LogP) is 3.06. The van der Waals surface area contributed by atoms with Gasteiger partial charge in [-0.15, -0.1) is 11.3 Å². The van der Waals surface area contributed by atoms with E-state index < -0.39 is 0 Å². The van der Waals surface area contributed by atoms with Crippen molar-refractivity contribution in [1.29, 1.82) is 0 Å². The highest BCUT2D eigenvalue weighted by Crippen LogP contribution is 2.46. The smallest absolute Gasteiger partial charge is 0.259 e. The third kappa shape index (κ3) is 1.62. The molecule has 0 fully saturated rings. The molecule has 90 valence electrons. The predicted molar refractivity (Wildman–Crippen MR) is 70.8 cm³/mol. The first-order chi connectivity index (χ1) is 7.98. The van der Waals surface area contributed by atoms with E-state index in [1.165, 1.54) is 23.2 Å². The van der Waals surface area contributed by atoms with Crippen LogP contribution in [0.1, 0.15) is 43.6 Å². The Morgan fingerprint density at radius 3 is 3.06 bits per heavy atom. The number of fused-ring (bicyclic) bond motifs is 3. The van der Waals surface area contributed by atoms with Gasteiger partial charge in [0.15, 0.2) is 0 Å². The molecule has 0 aromatic carbocycles. The van der Waals surface area contributed by atoms with Crippen molar-refractivity contribution in [3.63, 3.8) is 0 Å². The van der Waals surface area contributed by atoms with Gasteiger partial charge in [-0.1, -0.05) is 20.8 Å². The molecule has 2 aromatic rings. The van der Waals surface area contributed by atoms with Crippen LogP contribution in [0.3, 0.4) is 0 Å². The molecule has 2 heterocycles. The fourth-order valence-corrected chi connectivity index (χ4v) is 4.28. The third-order valence-electron chi connectivity index (χ3n) is 3.59. The maximum absolute atomic E-state index is 11.9. The maximum atomic E-state index is 11.9. The molecule has 17 heavy (non-hydrogen) atoms. The molecule has 0 amide bonds. The summed E-state index contributed by atoms with van der Waals surface area (Å²) in [5, 5.41) is 0.826. The van der Waals surface area contributed by atoms with E-state index in [0.717, 1.165) is 16.6 Å². The van der Waals surface area contributed by atoms with Crippen LogP contribution in [0.5, 0.6) is 0 Å². The van der Waals surface area contributed by atoms with Gasteiger partial charge in [0, 0.05) is 4.88 Å². The molecule has 0 radical (unpaired) electrons. The second-order valence-electron chi connectivity index (χ2n) is 5.80. The van der Waals surface area contributed by atoms with Crippen LogP contribution in [0.25, 0.3) is 10.2 Å². The molecule has 1 atom stereocenters. The molecular weight excluding hydrogens is 232 g/mol. The van der Waals surface area contributed by atoms with Gasteiger partial charge in [0.25, 0.3) is 5.56 Å². The van der Waals surface area contributed by atoms with Crippen molar-refractivity contribution in [2.45, 2.75) is 39.5 Å². The zero-order chi connectivity index (χ0) is 12.2. The van der Waals surface area contributed by atoms with Crippen LogP contribution in [-0.2, 0) is 6.42 Å². The number of aromatic nitrogens is 2. The van der Waals surface area contributed by atoms with Crippen LogP contribution < -0.4 is 5.56 Å². The lowest BCUT2D eigenvalue weighted by atomic mass is 9.72. The fourth-order valence-electron chi connectivity index (χ4n) is 3.06. The van der Waals surface area contributed by atoms with E-state index in [0.29, 0.717) is 5.92 Å². The molecule has 0 saturated carbocycles. The Hall–Kier alpha value is -1.16. The standard InChI is InChI=1S/C13H16N2OS/c1-7-4-13(2,3)5-8-9-11(16)14-6-15-12(9)17-10(7)8/h6-7H,4-5H2,1-3H3,(H,14,15,16)/t7-/m0/s1. The Bertz CT molecular complexity index is 638. The monoisotopic (exact) mass is 248 g/mol. The van der Waals surface area contributed by atoms with Crippen molar-refractivity contribution >= 4 is 21.6 Å². The molecule has 0 spiro atoms. The summed E-state index contributed by atoms with van der Waals surface area (Å²) in [7, 11) is 0. The van der Waals surface area contributed by atoms with Crippen molar-refractivity contribution in [2.75, 3.05) is 0 Å². The summed E-state index contributed by atoms with van der Waals surface area (Å²) < 4.78 is 0. The van der Waals surface area contributed by atoms with Crippen molar-refractivity contribution in [1.82, 2.24) is 9.97 Å². The number of hydrogen-bond acceptors (Lipinski definition) is 3. The number of thiophene rings is 1. The van der Waals surface area contributed by atoms with Crippen molar-refractivity contribution < 1.29 is 0 Å².